The lowest BCUT2D eigenvalue weighted by Crippen LogP contribution is -2.14. The number of anilines is 1. The lowest BCUT2D eigenvalue weighted by Gasteiger charge is -2.06. The van der Waals surface area contributed by atoms with Crippen molar-refractivity contribution in [2.45, 2.75) is 4.90 Å². The molecule has 0 radical (unpaired) electrons. The minimum absolute atomic E-state index is 0.170. The number of hydrogen-bond donors (Lipinski definition) is 1. The second-order valence-electron chi connectivity index (χ2n) is 4.56. The Morgan fingerprint density at radius 3 is 2.52 bits per heavy atom. The zero-order valence-corrected chi connectivity index (χ0v) is 13.3. The van der Waals surface area contributed by atoms with Crippen LogP contribution < -0.4 is 5.32 Å². The van der Waals surface area contributed by atoms with Gasteiger partial charge in [0.05, 0.1) is 14.8 Å². The summed E-state index contributed by atoms with van der Waals surface area (Å²) < 4.78 is 23.2. The van der Waals surface area contributed by atoms with Crippen molar-refractivity contribution in [2.75, 3.05) is 11.6 Å². The molecule has 8 nitrogen and oxygen atoms in total. The Morgan fingerprint density at radius 2 is 2.00 bits per heavy atom. The van der Waals surface area contributed by atoms with Crippen LogP contribution in [0.2, 0.25) is 5.02 Å². The minimum atomic E-state index is -3.71. The second kappa shape index (κ2) is 6.31. The number of nitro groups is 1. The molecule has 1 N–H and O–H groups in total. The van der Waals surface area contributed by atoms with Crippen LogP contribution in [0, 0.1) is 10.1 Å². The van der Waals surface area contributed by atoms with Gasteiger partial charge in [-0.1, -0.05) is 11.6 Å². The Labute approximate surface area is 136 Å². The highest BCUT2D eigenvalue weighted by Gasteiger charge is 2.19. The number of benzene rings is 1. The zero-order valence-electron chi connectivity index (χ0n) is 11.7. The first-order valence-electron chi connectivity index (χ1n) is 6.09. The summed E-state index contributed by atoms with van der Waals surface area (Å²) in [6, 6.07) is 5.88. The first-order chi connectivity index (χ1) is 10.7. The molecule has 10 heteroatoms. The van der Waals surface area contributed by atoms with Gasteiger partial charge in [-0.3, -0.25) is 14.9 Å². The Bertz CT molecular complexity index is 881. The quantitative estimate of drug-likeness (QED) is 0.663. The summed E-state index contributed by atoms with van der Waals surface area (Å²) in [4.78, 5) is 25.8. The summed E-state index contributed by atoms with van der Waals surface area (Å²) >= 11 is 5.67. The molecule has 0 aliphatic rings. The van der Waals surface area contributed by atoms with Crippen molar-refractivity contribution in [1.29, 1.82) is 0 Å². The third-order valence-electron chi connectivity index (χ3n) is 2.76. The third-order valence-corrected chi connectivity index (χ3v) is 4.08. The molecule has 0 aliphatic carbocycles. The lowest BCUT2D eigenvalue weighted by molar-refractivity contribution is -0.385. The number of carbonyl (C=O) groups is 1. The van der Waals surface area contributed by atoms with Crippen molar-refractivity contribution < 1.29 is 18.1 Å². The van der Waals surface area contributed by atoms with Gasteiger partial charge in [0.1, 0.15) is 5.82 Å². The standard InChI is InChI=1S/C13H10ClN3O5S/c1-23(21,22)11-5-8(4-10(6-11)17(19)20)13(18)16-12-3-2-9(14)7-15-12/h2-7H,1H3,(H,15,16,18). The van der Waals surface area contributed by atoms with Gasteiger partial charge in [-0.15, -0.1) is 0 Å². The van der Waals surface area contributed by atoms with E-state index in [1.807, 2.05) is 0 Å². The molecule has 2 aromatic rings. The van der Waals surface area contributed by atoms with Gasteiger partial charge in [-0.2, -0.15) is 0 Å². The number of pyridine rings is 1. The van der Waals surface area contributed by atoms with Crippen LogP contribution in [0.1, 0.15) is 10.4 Å². The molecule has 2 rings (SSSR count). The van der Waals surface area contributed by atoms with Gasteiger partial charge < -0.3 is 5.32 Å². The fraction of sp³-hybridized carbons (Fsp3) is 0.0769. The Balaban J connectivity index is 2.41. The monoisotopic (exact) mass is 355 g/mol. The summed E-state index contributed by atoms with van der Waals surface area (Å²) in [7, 11) is -3.71. The van der Waals surface area contributed by atoms with Crippen LogP contribution in [-0.4, -0.2) is 30.5 Å². The van der Waals surface area contributed by atoms with Crippen molar-refractivity contribution in [3.05, 3.63) is 57.2 Å². The van der Waals surface area contributed by atoms with Crippen molar-refractivity contribution in [3.63, 3.8) is 0 Å². The molecule has 1 aromatic heterocycles. The predicted octanol–water partition coefficient (Wildman–Crippen LogP) is 2.30. The molecule has 0 bridgehead atoms. The average molecular weight is 356 g/mol. The van der Waals surface area contributed by atoms with Crippen molar-refractivity contribution >= 4 is 38.9 Å². The van der Waals surface area contributed by atoms with E-state index in [1.165, 1.54) is 18.3 Å². The van der Waals surface area contributed by atoms with E-state index in [9.17, 15) is 23.3 Å². The molecule has 23 heavy (non-hydrogen) atoms. The van der Waals surface area contributed by atoms with E-state index in [-0.39, 0.29) is 16.3 Å². The van der Waals surface area contributed by atoms with Gasteiger partial charge in [-0.05, 0) is 18.2 Å². The number of nitrogens with zero attached hydrogens (tertiary/aromatic N) is 2. The van der Waals surface area contributed by atoms with Gasteiger partial charge in [0.25, 0.3) is 11.6 Å². The predicted molar refractivity (Wildman–Crippen MR) is 83.4 cm³/mol. The molecule has 0 spiro atoms. The Hall–Kier alpha value is -2.52. The first kappa shape index (κ1) is 16.8. The largest absolute Gasteiger partial charge is 0.307 e. The zero-order chi connectivity index (χ0) is 17.2. The normalized spacial score (nSPS) is 11.0. The smallest absolute Gasteiger partial charge is 0.271 e. The fourth-order valence-corrected chi connectivity index (χ4v) is 2.46. The fourth-order valence-electron chi connectivity index (χ4n) is 1.67. The van der Waals surface area contributed by atoms with Gasteiger partial charge in [0.2, 0.25) is 0 Å². The van der Waals surface area contributed by atoms with E-state index >= 15 is 0 Å². The molecule has 0 unspecified atom stereocenters. The number of halogens is 1. The highest BCUT2D eigenvalue weighted by atomic mass is 35.5. The summed E-state index contributed by atoms with van der Waals surface area (Å²) in [5.41, 5.74) is -0.668. The van der Waals surface area contributed by atoms with Gasteiger partial charge >= 0.3 is 0 Å². The van der Waals surface area contributed by atoms with Crippen molar-refractivity contribution in [2.24, 2.45) is 0 Å². The SMILES string of the molecule is CS(=O)(=O)c1cc(C(=O)Nc2ccc(Cl)cn2)cc([N+](=O)[O-])c1. The maximum Gasteiger partial charge on any atom is 0.271 e. The molecule has 120 valence electrons. The molecule has 0 atom stereocenters. The number of aromatic nitrogens is 1. The van der Waals surface area contributed by atoms with Crippen LogP contribution in [0.15, 0.2) is 41.4 Å². The maximum absolute atomic E-state index is 12.2. The van der Waals surface area contributed by atoms with Crippen LogP contribution in [-0.2, 0) is 9.84 Å². The Kier molecular flexibility index (Phi) is 4.62. The number of sulfone groups is 1. The summed E-state index contributed by atoms with van der Waals surface area (Å²) in [5.74, 6) is -0.555. The molecule has 0 fully saturated rings. The molecule has 1 heterocycles. The first-order valence-corrected chi connectivity index (χ1v) is 8.36. The van der Waals surface area contributed by atoms with E-state index in [1.54, 1.807) is 0 Å². The van der Waals surface area contributed by atoms with Crippen molar-refractivity contribution in [3.8, 4) is 0 Å². The van der Waals surface area contributed by atoms with Crippen LogP contribution in [0.25, 0.3) is 0 Å². The molecule has 1 amide bonds. The third kappa shape index (κ3) is 4.24. The van der Waals surface area contributed by atoms with E-state index in [2.05, 4.69) is 10.3 Å². The number of amides is 1. The minimum Gasteiger partial charge on any atom is -0.307 e. The van der Waals surface area contributed by atoms with Gasteiger partial charge in [-0.25, -0.2) is 13.4 Å². The number of rotatable bonds is 4. The summed E-state index contributed by atoms with van der Waals surface area (Å²) in [5, 5.41) is 13.7. The second-order valence-corrected chi connectivity index (χ2v) is 7.01. The molecular formula is C13H10ClN3O5S. The highest BCUT2D eigenvalue weighted by molar-refractivity contribution is 7.90. The van der Waals surface area contributed by atoms with E-state index in [0.717, 1.165) is 24.5 Å². The van der Waals surface area contributed by atoms with Gasteiger partial charge in [0.15, 0.2) is 9.84 Å². The number of nitrogens with one attached hydrogen (secondary N) is 1. The maximum atomic E-state index is 12.2. The average Bonchev–Trinajstić information content (AvgIpc) is 2.48. The summed E-state index contributed by atoms with van der Waals surface area (Å²) in [6.45, 7) is 0. The highest BCUT2D eigenvalue weighted by Crippen LogP contribution is 2.21. The Morgan fingerprint density at radius 1 is 1.30 bits per heavy atom. The molecule has 1 aromatic carbocycles. The molecule has 0 saturated heterocycles. The van der Waals surface area contributed by atoms with Crippen LogP contribution >= 0.6 is 11.6 Å². The van der Waals surface area contributed by atoms with Crippen LogP contribution in [0.4, 0.5) is 11.5 Å². The number of non-ortho nitro benzene ring substituents is 1. The number of hydrogen-bond acceptors (Lipinski definition) is 6. The molecule has 0 saturated carbocycles. The summed E-state index contributed by atoms with van der Waals surface area (Å²) in [6.07, 6.45) is 2.21. The lowest BCUT2D eigenvalue weighted by atomic mass is 10.2. The van der Waals surface area contributed by atoms with Crippen LogP contribution in [0.3, 0.4) is 0 Å². The van der Waals surface area contributed by atoms with E-state index in [0.29, 0.717) is 5.02 Å². The molecule has 0 aliphatic heterocycles. The number of nitro benzene ring substituents is 1. The molecular weight excluding hydrogens is 346 g/mol. The van der Waals surface area contributed by atoms with Crippen molar-refractivity contribution in [1.82, 2.24) is 4.98 Å². The van der Waals surface area contributed by atoms with Gasteiger partial charge in [0, 0.05) is 30.1 Å². The topological polar surface area (TPSA) is 119 Å². The van der Waals surface area contributed by atoms with E-state index < -0.39 is 26.4 Å². The van der Waals surface area contributed by atoms with Crippen LogP contribution in [0.5, 0.6) is 0 Å². The van der Waals surface area contributed by atoms with E-state index in [4.69, 9.17) is 11.6 Å². The number of carbonyl (C=O) groups excluding carboxylic acids is 1.